The zero-order valence-corrected chi connectivity index (χ0v) is 16.2. The van der Waals surface area contributed by atoms with E-state index in [9.17, 15) is 9.59 Å². The quantitative estimate of drug-likeness (QED) is 0.639. The van der Waals surface area contributed by atoms with Gasteiger partial charge in [-0.2, -0.15) is 0 Å². The number of fused-ring (bicyclic) bond motifs is 3. The number of nitrogens with two attached hydrogens (primary N) is 1. The van der Waals surface area contributed by atoms with E-state index >= 15 is 0 Å². The third-order valence-electron chi connectivity index (χ3n) is 5.23. The van der Waals surface area contributed by atoms with E-state index in [1.165, 1.54) is 35.0 Å². The van der Waals surface area contributed by atoms with Gasteiger partial charge in [0, 0.05) is 23.4 Å². The number of primary amides is 1. The molecule has 1 atom stereocenters. The molecule has 6 nitrogen and oxygen atoms in total. The van der Waals surface area contributed by atoms with Crippen molar-refractivity contribution in [3.63, 3.8) is 0 Å². The van der Waals surface area contributed by atoms with Gasteiger partial charge in [-0.05, 0) is 44.1 Å². The van der Waals surface area contributed by atoms with Gasteiger partial charge in [-0.25, -0.2) is 9.97 Å². The normalized spacial score (nSPS) is 20.2. The van der Waals surface area contributed by atoms with E-state index in [1.54, 1.807) is 22.6 Å². The van der Waals surface area contributed by atoms with Gasteiger partial charge in [0.15, 0.2) is 0 Å². The summed E-state index contributed by atoms with van der Waals surface area (Å²) in [5.41, 5.74) is 6.80. The molecule has 2 aromatic heterocycles. The second kappa shape index (κ2) is 7.52. The highest BCUT2D eigenvalue weighted by atomic mass is 32.2. The van der Waals surface area contributed by atoms with Crippen LogP contribution in [0.1, 0.15) is 36.1 Å². The molecule has 4 rings (SSSR count). The zero-order valence-electron chi connectivity index (χ0n) is 14.6. The van der Waals surface area contributed by atoms with Gasteiger partial charge in [-0.3, -0.25) is 9.59 Å². The lowest BCUT2D eigenvalue weighted by Crippen LogP contribution is -2.44. The number of thiophene rings is 1. The number of nitrogens with zero attached hydrogens (tertiary/aromatic N) is 3. The van der Waals surface area contributed by atoms with Crippen LogP contribution in [-0.4, -0.2) is 45.5 Å². The van der Waals surface area contributed by atoms with Crippen molar-refractivity contribution in [1.82, 2.24) is 14.9 Å². The van der Waals surface area contributed by atoms with Crippen LogP contribution in [0.25, 0.3) is 10.2 Å². The van der Waals surface area contributed by atoms with E-state index in [-0.39, 0.29) is 17.7 Å². The van der Waals surface area contributed by atoms with Crippen molar-refractivity contribution in [3.8, 4) is 0 Å². The first-order valence-electron chi connectivity index (χ1n) is 9.08. The third-order valence-corrected chi connectivity index (χ3v) is 7.40. The molecule has 0 unspecified atom stereocenters. The van der Waals surface area contributed by atoms with E-state index in [2.05, 4.69) is 9.97 Å². The minimum Gasteiger partial charge on any atom is -0.369 e. The molecular weight excluding hydrogens is 368 g/mol. The number of aryl methyl sites for hydroxylation is 2. The number of hydrogen-bond acceptors (Lipinski definition) is 6. The summed E-state index contributed by atoms with van der Waals surface area (Å²) in [6.45, 7) is 1.15. The SMILES string of the molecule is NC(=O)[C@@H]1CCCN(C(=O)CSc2ncnc3sc4c(c23)CCCC4)C1. The summed E-state index contributed by atoms with van der Waals surface area (Å²) in [4.78, 5) is 37.2. The van der Waals surface area contributed by atoms with Crippen LogP contribution in [0.2, 0.25) is 0 Å². The Hall–Kier alpha value is -1.67. The Morgan fingerprint density at radius 3 is 2.96 bits per heavy atom. The zero-order chi connectivity index (χ0) is 18.1. The van der Waals surface area contributed by atoms with Crippen LogP contribution in [0.3, 0.4) is 0 Å². The van der Waals surface area contributed by atoms with Crippen molar-refractivity contribution in [3.05, 3.63) is 16.8 Å². The van der Waals surface area contributed by atoms with Crippen LogP contribution in [0.5, 0.6) is 0 Å². The first-order chi connectivity index (χ1) is 12.6. The molecule has 0 saturated carbocycles. The summed E-state index contributed by atoms with van der Waals surface area (Å²) in [6, 6.07) is 0. The number of carbonyl (C=O) groups excluding carboxylic acids is 2. The number of likely N-dealkylation sites (tertiary alicyclic amines) is 1. The van der Waals surface area contributed by atoms with Gasteiger partial charge in [0.2, 0.25) is 11.8 Å². The highest BCUT2D eigenvalue weighted by Gasteiger charge is 2.27. The molecule has 0 spiro atoms. The molecule has 3 heterocycles. The van der Waals surface area contributed by atoms with Crippen molar-refractivity contribution in [2.24, 2.45) is 11.7 Å². The molecule has 2 aromatic rings. The van der Waals surface area contributed by atoms with E-state index in [1.807, 2.05) is 0 Å². The first-order valence-corrected chi connectivity index (χ1v) is 10.9. The third kappa shape index (κ3) is 3.44. The lowest BCUT2D eigenvalue weighted by molar-refractivity contribution is -0.132. The molecular formula is C18H22N4O2S2. The van der Waals surface area contributed by atoms with E-state index in [4.69, 9.17) is 5.73 Å². The number of piperidine rings is 1. The van der Waals surface area contributed by atoms with Gasteiger partial charge in [-0.15, -0.1) is 11.3 Å². The standard InChI is InChI=1S/C18H22N4O2S2/c19-16(24)11-4-3-7-22(8-11)14(23)9-25-17-15-12-5-1-2-6-13(12)26-18(15)21-10-20-17/h10-11H,1-9H2,(H2,19,24)/t11-/m1/s1. The fourth-order valence-electron chi connectivity index (χ4n) is 3.83. The smallest absolute Gasteiger partial charge is 0.233 e. The fourth-order valence-corrected chi connectivity index (χ4v) is 6.05. The summed E-state index contributed by atoms with van der Waals surface area (Å²) in [7, 11) is 0. The lowest BCUT2D eigenvalue weighted by Gasteiger charge is -2.31. The molecule has 8 heteroatoms. The molecule has 0 bridgehead atoms. The summed E-state index contributed by atoms with van der Waals surface area (Å²) in [6.07, 6.45) is 7.86. The molecule has 1 aliphatic heterocycles. The van der Waals surface area contributed by atoms with Gasteiger partial charge in [-0.1, -0.05) is 11.8 Å². The average molecular weight is 391 g/mol. The Morgan fingerprint density at radius 1 is 1.27 bits per heavy atom. The predicted octanol–water partition coefficient (Wildman–Crippen LogP) is 2.39. The highest BCUT2D eigenvalue weighted by Crippen LogP contribution is 2.39. The molecule has 138 valence electrons. The summed E-state index contributed by atoms with van der Waals surface area (Å²) >= 11 is 3.26. The van der Waals surface area contributed by atoms with Crippen LogP contribution >= 0.6 is 23.1 Å². The van der Waals surface area contributed by atoms with Crippen LogP contribution in [-0.2, 0) is 22.4 Å². The number of amides is 2. The monoisotopic (exact) mass is 390 g/mol. The van der Waals surface area contributed by atoms with Crippen molar-refractivity contribution in [2.75, 3.05) is 18.8 Å². The molecule has 0 aromatic carbocycles. The van der Waals surface area contributed by atoms with Crippen molar-refractivity contribution < 1.29 is 9.59 Å². The average Bonchev–Trinajstić information content (AvgIpc) is 3.05. The lowest BCUT2D eigenvalue weighted by atomic mass is 9.97. The topological polar surface area (TPSA) is 89.2 Å². The molecule has 26 heavy (non-hydrogen) atoms. The maximum atomic E-state index is 12.6. The van der Waals surface area contributed by atoms with E-state index < -0.39 is 0 Å². The minimum absolute atomic E-state index is 0.0526. The molecule has 1 aliphatic carbocycles. The maximum absolute atomic E-state index is 12.6. The Morgan fingerprint density at radius 2 is 2.12 bits per heavy atom. The molecule has 2 N–H and O–H groups in total. The number of thioether (sulfide) groups is 1. The number of rotatable bonds is 4. The second-order valence-electron chi connectivity index (χ2n) is 6.94. The van der Waals surface area contributed by atoms with Crippen LogP contribution in [0, 0.1) is 5.92 Å². The Kier molecular flexibility index (Phi) is 5.13. The van der Waals surface area contributed by atoms with Gasteiger partial charge in [0.05, 0.1) is 11.7 Å². The summed E-state index contributed by atoms with van der Waals surface area (Å²) < 4.78 is 0. The molecule has 2 aliphatic rings. The molecule has 1 saturated heterocycles. The van der Waals surface area contributed by atoms with Crippen LogP contribution in [0.4, 0.5) is 0 Å². The second-order valence-corrected chi connectivity index (χ2v) is 8.99. The van der Waals surface area contributed by atoms with Gasteiger partial charge in [0.25, 0.3) is 0 Å². The first kappa shape index (κ1) is 17.7. The highest BCUT2D eigenvalue weighted by molar-refractivity contribution is 8.00. The van der Waals surface area contributed by atoms with Gasteiger partial charge < -0.3 is 10.6 Å². The Bertz CT molecular complexity index is 851. The number of hydrogen-bond donors (Lipinski definition) is 1. The van der Waals surface area contributed by atoms with Crippen molar-refractivity contribution in [2.45, 2.75) is 43.6 Å². The Balaban J connectivity index is 1.48. The van der Waals surface area contributed by atoms with Crippen LogP contribution in [0.15, 0.2) is 11.4 Å². The van der Waals surface area contributed by atoms with E-state index in [0.717, 1.165) is 40.9 Å². The largest absolute Gasteiger partial charge is 0.369 e. The number of carbonyl (C=O) groups is 2. The molecule has 2 amide bonds. The minimum atomic E-state index is -0.308. The Labute approximate surface area is 160 Å². The maximum Gasteiger partial charge on any atom is 0.233 e. The summed E-state index contributed by atoms with van der Waals surface area (Å²) in [5.74, 6) is -0.135. The molecule has 1 fully saturated rings. The number of aromatic nitrogens is 2. The van der Waals surface area contributed by atoms with E-state index in [0.29, 0.717) is 18.8 Å². The van der Waals surface area contributed by atoms with Crippen molar-refractivity contribution in [1.29, 1.82) is 0 Å². The summed E-state index contributed by atoms with van der Waals surface area (Å²) in [5, 5.41) is 2.06. The van der Waals surface area contributed by atoms with Crippen molar-refractivity contribution >= 4 is 45.1 Å². The van der Waals surface area contributed by atoms with Gasteiger partial charge in [0.1, 0.15) is 16.2 Å². The van der Waals surface area contributed by atoms with Gasteiger partial charge >= 0.3 is 0 Å². The molecule has 0 radical (unpaired) electrons. The predicted molar refractivity (Wildman–Crippen MR) is 103 cm³/mol. The van der Waals surface area contributed by atoms with Crippen LogP contribution < -0.4 is 5.73 Å². The fraction of sp³-hybridized carbons (Fsp3) is 0.556.